The molecule has 0 aromatic heterocycles. The Morgan fingerprint density at radius 1 is 1.78 bits per heavy atom. The van der Waals surface area contributed by atoms with Crippen LogP contribution >= 0.6 is 0 Å². The van der Waals surface area contributed by atoms with Crippen molar-refractivity contribution in [2.45, 2.75) is 6.42 Å². The molecule has 0 radical (unpaired) electrons. The highest BCUT2D eigenvalue weighted by Gasteiger charge is 2.20. The van der Waals surface area contributed by atoms with Crippen LogP contribution in [0.25, 0.3) is 0 Å². The van der Waals surface area contributed by atoms with Crippen LogP contribution in [0.2, 0.25) is 0 Å². The number of hydrogen-bond acceptors (Lipinski definition) is 3. The fourth-order valence-corrected chi connectivity index (χ4v) is 0.743. The van der Waals surface area contributed by atoms with Crippen LogP contribution in [0.5, 0.6) is 0 Å². The molecule has 1 unspecified atom stereocenters. The van der Waals surface area contributed by atoms with Crippen LogP contribution in [0.3, 0.4) is 0 Å². The SMILES string of the molecule is O=C(O)C1CCNOC1. The Kier molecular flexibility index (Phi) is 2.02. The fraction of sp³-hybridized carbons (Fsp3) is 0.800. The number of carboxylic acid groups (broad SMARTS) is 1. The van der Waals surface area contributed by atoms with Gasteiger partial charge < -0.3 is 9.94 Å². The molecule has 1 saturated heterocycles. The Hall–Kier alpha value is -0.610. The lowest BCUT2D eigenvalue weighted by atomic mass is 10.1. The van der Waals surface area contributed by atoms with Gasteiger partial charge >= 0.3 is 5.97 Å². The lowest BCUT2D eigenvalue weighted by Crippen LogP contribution is -2.33. The maximum atomic E-state index is 10.2. The van der Waals surface area contributed by atoms with E-state index in [1.165, 1.54) is 0 Å². The van der Waals surface area contributed by atoms with Crippen LogP contribution in [0.4, 0.5) is 0 Å². The normalized spacial score (nSPS) is 27.8. The minimum Gasteiger partial charge on any atom is -0.481 e. The minimum absolute atomic E-state index is 0.287. The van der Waals surface area contributed by atoms with Gasteiger partial charge in [0.25, 0.3) is 0 Å². The monoisotopic (exact) mass is 131 g/mol. The second kappa shape index (κ2) is 2.80. The second-order valence-corrected chi connectivity index (χ2v) is 2.03. The number of carbonyl (C=O) groups is 1. The van der Waals surface area contributed by atoms with Crippen molar-refractivity contribution in [2.75, 3.05) is 13.2 Å². The summed E-state index contributed by atoms with van der Waals surface area (Å²) < 4.78 is 0. The van der Waals surface area contributed by atoms with E-state index in [2.05, 4.69) is 5.48 Å². The Morgan fingerprint density at radius 2 is 2.56 bits per heavy atom. The molecule has 0 aromatic rings. The van der Waals surface area contributed by atoms with Crippen molar-refractivity contribution in [3.63, 3.8) is 0 Å². The average Bonchev–Trinajstić information content (AvgIpc) is 1.90. The zero-order chi connectivity index (χ0) is 6.69. The molecule has 0 saturated carbocycles. The molecule has 4 nitrogen and oxygen atoms in total. The molecule has 9 heavy (non-hydrogen) atoms. The van der Waals surface area contributed by atoms with Crippen LogP contribution in [-0.4, -0.2) is 24.2 Å². The molecule has 1 atom stereocenters. The van der Waals surface area contributed by atoms with Crippen molar-refractivity contribution in [1.29, 1.82) is 0 Å². The second-order valence-electron chi connectivity index (χ2n) is 2.03. The number of hydrogen-bond donors (Lipinski definition) is 2. The van der Waals surface area contributed by atoms with Gasteiger partial charge in [-0.1, -0.05) is 0 Å². The Bertz CT molecular complexity index is 109. The first-order chi connectivity index (χ1) is 4.30. The number of nitrogens with one attached hydrogen (secondary N) is 1. The molecular formula is C5H9NO3. The van der Waals surface area contributed by atoms with Crippen LogP contribution in [-0.2, 0) is 9.63 Å². The summed E-state index contributed by atoms with van der Waals surface area (Å²) in [6, 6.07) is 0. The summed E-state index contributed by atoms with van der Waals surface area (Å²) in [6.45, 7) is 0.923. The van der Waals surface area contributed by atoms with Gasteiger partial charge in [-0.2, -0.15) is 0 Å². The largest absolute Gasteiger partial charge is 0.481 e. The molecular weight excluding hydrogens is 122 g/mol. The Balaban J connectivity index is 2.31. The zero-order valence-corrected chi connectivity index (χ0v) is 4.96. The quantitative estimate of drug-likeness (QED) is 0.509. The summed E-state index contributed by atoms with van der Waals surface area (Å²) in [5.41, 5.74) is 2.61. The van der Waals surface area contributed by atoms with Gasteiger partial charge in [-0.05, 0) is 6.42 Å². The smallest absolute Gasteiger partial charge is 0.308 e. The molecule has 1 heterocycles. The fourth-order valence-electron chi connectivity index (χ4n) is 0.743. The van der Waals surface area contributed by atoms with Gasteiger partial charge in [0.1, 0.15) is 0 Å². The average molecular weight is 131 g/mol. The van der Waals surface area contributed by atoms with Gasteiger partial charge in [0.05, 0.1) is 12.5 Å². The molecule has 0 bridgehead atoms. The number of aliphatic carboxylic acids is 1. The third kappa shape index (κ3) is 1.65. The molecule has 0 aliphatic carbocycles. The molecule has 0 amide bonds. The third-order valence-electron chi connectivity index (χ3n) is 1.33. The van der Waals surface area contributed by atoms with E-state index in [0.29, 0.717) is 13.0 Å². The van der Waals surface area contributed by atoms with E-state index in [1.807, 2.05) is 0 Å². The van der Waals surface area contributed by atoms with E-state index in [-0.39, 0.29) is 12.5 Å². The third-order valence-corrected chi connectivity index (χ3v) is 1.33. The van der Waals surface area contributed by atoms with Crippen molar-refractivity contribution in [1.82, 2.24) is 5.48 Å². The summed E-state index contributed by atoms with van der Waals surface area (Å²) in [4.78, 5) is 15.0. The van der Waals surface area contributed by atoms with Gasteiger partial charge in [-0.25, -0.2) is 5.48 Å². The summed E-state index contributed by atoms with van der Waals surface area (Å²) in [6.07, 6.45) is 0.662. The highest BCUT2D eigenvalue weighted by atomic mass is 16.6. The maximum absolute atomic E-state index is 10.2. The van der Waals surface area contributed by atoms with Gasteiger partial charge in [0.2, 0.25) is 0 Å². The van der Waals surface area contributed by atoms with Gasteiger partial charge in [-0.3, -0.25) is 4.79 Å². The first kappa shape index (κ1) is 6.51. The zero-order valence-electron chi connectivity index (χ0n) is 4.96. The maximum Gasteiger partial charge on any atom is 0.308 e. The number of carboxylic acids is 1. The highest BCUT2D eigenvalue weighted by Crippen LogP contribution is 2.05. The molecule has 1 aliphatic rings. The summed E-state index contributed by atoms with van der Waals surface area (Å²) in [5.74, 6) is -1.08. The van der Waals surface area contributed by atoms with Crippen molar-refractivity contribution in [2.24, 2.45) is 5.92 Å². The first-order valence-corrected chi connectivity index (χ1v) is 2.88. The highest BCUT2D eigenvalue weighted by molar-refractivity contribution is 5.70. The van der Waals surface area contributed by atoms with Gasteiger partial charge in [0, 0.05) is 6.54 Å². The lowest BCUT2D eigenvalue weighted by Gasteiger charge is -2.17. The topological polar surface area (TPSA) is 58.6 Å². The Labute approximate surface area is 52.8 Å². The Morgan fingerprint density at radius 3 is 2.89 bits per heavy atom. The standard InChI is InChI=1S/C5H9NO3/c7-5(8)4-1-2-6-9-3-4/h4,6H,1-3H2,(H,7,8). The predicted octanol–water partition coefficient (Wildman–Crippen LogP) is -0.388. The van der Waals surface area contributed by atoms with Crippen molar-refractivity contribution in [3.8, 4) is 0 Å². The van der Waals surface area contributed by atoms with Gasteiger partial charge in [-0.15, -0.1) is 0 Å². The van der Waals surface area contributed by atoms with E-state index >= 15 is 0 Å². The van der Waals surface area contributed by atoms with E-state index in [4.69, 9.17) is 9.94 Å². The van der Waals surface area contributed by atoms with E-state index < -0.39 is 5.97 Å². The molecule has 4 heteroatoms. The summed E-state index contributed by atoms with van der Waals surface area (Å²) in [7, 11) is 0. The van der Waals surface area contributed by atoms with Crippen LogP contribution < -0.4 is 5.48 Å². The molecule has 1 rings (SSSR count). The minimum atomic E-state index is -0.767. The van der Waals surface area contributed by atoms with Crippen molar-refractivity contribution in [3.05, 3.63) is 0 Å². The number of rotatable bonds is 1. The van der Waals surface area contributed by atoms with Crippen molar-refractivity contribution < 1.29 is 14.7 Å². The summed E-state index contributed by atoms with van der Waals surface area (Å²) >= 11 is 0. The van der Waals surface area contributed by atoms with Crippen LogP contribution in [0.15, 0.2) is 0 Å². The lowest BCUT2D eigenvalue weighted by molar-refractivity contribution is -0.148. The predicted molar refractivity (Wildman–Crippen MR) is 29.7 cm³/mol. The molecule has 1 aliphatic heterocycles. The summed E-state index contributed by atoms with van der Waals surface area (Å²) in [5, 5.41) is 8.43. The van der Waals surface area contributed by atoms with Gasteiger partial charge in [0.15, 0.2) is 0 Å². The number of hydroxylamine groups is 1. The molecule has 2 N–H and O–H groups in total. The first-order valence-electron chi connectivity index (χ1n) is 2.88. The van der Waals surface area contributed by atoms with E-state index in [1.54, 1.807) is 0 Å². The molecule has 0 aromatic carbocycles. The van der Waals surface area contributed by atoms with Crippen LogP contribution in [0, 0.1) is 5.92 Å². The molecule has 1 fully saturated rings. The van der Waals surface area contributed by atoms with E-state index in [0.717, 1.165) is 0 Å². The van der Waals surface area contributed by atoms with Crippen molar-refractivity contribution >= 4 is 5.97 Å². The van der Waals surface area contributed by atoms with E-state index in [9.17, 15) is 4.79 Å². The molecule has 0 spiro atoms. The van der Waals surface area contributed by atoms with Crippen LogP contribution in [0.1, 0.15) is 6.42 Å². The molecule has 52 valence electrons.